The van der Waals surface area contributed by atoms with Crippen molar-refractivity contribution in [3.05, 3.63) is 65.5 Å². The van der Waals surface area contributed by atoms with Crippen LogP contribution in [-0.4, -0.2) is 31.3 Å². The number of halogens is 1. The molecule has 144 valence electrons. The zero-order chi connectivity index (χ0) is 19.6. The maximum atomic E-state index is 13.1. The number of carbonyl (C=O) groups excluding carboxylic acids is 1. The van der Waals surface area contributed by atoms with Gasteiger partial charge in [-0.15, -0.1) is 0 Å². The van der Waals surface area contributed by atoms with Crippen LogP contribution in [-0.2, 0) is 16.6 Å². The van der Waals surface area contributed by atoms with Crippen LogP contribution in [0.5, 0.6) is 0 Å². The van der Waals surface area contributed by atoms with Gasteiger partial charge in [-0.25, -0.2) is 17.5 Å². The molecule has 1 aliphatic carbocycles. The Kier molecular flexibility index (Phi) is 5.62. The van der Waals surface area contributed by atoms with Crippen LogP contribution >= 0.6 is 0 Å². The Bertz CT molecular complexity index is 905. The van der Waals surface area contributed by atoms with Gasteiger partial charge >= 0.3 is 0 Å². The van der Waals surface area contributed by atoms with Crippen molar-refractivity contribution in [2.24, 2.45) is 0 Å². The molecule has 0 heterocycles. The summed E-state index contributed by atoms with van der Waals surface area (Å²) in [5.74, 6) is -0.461. The molecule has 7 heteroatoms. The van der Waals surface area contributed by atoms with Crippen molar-refractivity contribution in [1.82, 2.24) is 9.62 Å². The van der Waals surface area contributed by atoms with Gasteiger partial charge in [-0.2, -0.15) is 0 Å². The zero-order valence-electron chi connectivity index (χ0n) is 15.4. The molecule has 0 atom stereocenters. The molecular formula is C20H23FN2O3S. The number of hydrogen-bond donors (Lipinski definition) is 1. The van der Waals surface area contributed by atoms with Crippen LogP contribution < -0.4 is 4.72 Å². The van der Waals surface area contributed by atoms with Gasteiger partial charge in [0.2, 0.25) is 10.0 Å². The third kappa shape index (κ3) is 4.93. The number of hydrogen-bond acceptors (Lipinski definition) is 3. The minimum Gasteiger partial charge on any atom is -0.331 e. The molecule has 2 aromatic rings. The normalized spacial score (nSPS) is 14.4. The predicted molar refractivity (Wildman–Crippen MR) is 101 cm³/mol. The van der Waals surface area contributed by atoms with E-state index >= 15 is 0 Å². The van der Waals surface area contributed by atoms with E-state index in [-0.39, 0.29) is 28.7 Å². The molecule has 2 aromatic carbocycles. The highest BCUT2D eigenvalue weighted by atomic mass is 32.2. The highest BCUT2D eigenvalue weighted by molar-refractivity contribution is 7.89. The molecule has 1 saturated carbocycles. The Hall–Kier alpha value is -2.25. The summed E-state index contributed by atoms with van der Waals surface area (Å²) < 4.78 is 40.0. The van der Waals surface area contributed by atoms with Crippen LogP contribution in [0.4, 0.5) is 4.39 Å². The number of nitrogens with zero attached hydrogens (tertiary/aromatic N) is 1. The quantitative estimate of drug-likeness (QED) is 0.789. The highest BCUT2D eigenvalue weighted by Crippen LogP contribution is 2.30. The van der Waals surface area contributed by atoms with Gasteiger partial charge in [0, 0.05) is 24.2 Å². The number of amides is 1. The second-order valence-electron chi connectivity index (χ2n) is 7.09. The molecule has 1 N–H and O–H groups in total. The summed E-state index contributed by atoms with van der Waals surface area (Å²) in [4.78, 5) is 14.8. The largest absolute Gasteiger partial charge is 0.331 e. The third-order valence-corrected chi connectivity index (χ3v) is 5.99. The average Bonchev–Trinajstić information content (AvgIpc) is 3.45. The summed E-state index contributed by atoms with van der Waals surface area (Å²) in [5.41, 5.74) is 1.30. The Labute approximate surface area is 159 Å². The lowest BCUT2D eigenvalue weighted by atomic mass is 10.1. The molecule has 1 aliphatic rings. The third-order valence-electron chi connectivity index (χ3n) is 4.32. The molecule has 0 bridgehead atoms. The lowest BCUT2D eigenvalue weighted by molar-refractivity contribution is 0.0730. The Balaban J connectivity index is 1.77. The van der Waals surface area contributed by atoms with Gasteiger partial charge in [0.05, 0.1) is 4.90 Å². The van der Waals surface area contributed by atoms with E-state index < -0.39 is 10.0 Å². The SMILES string of the molecule is CC(C)NS(=O)(=O)c1ccc(C(=O)N(Cc2ccc(F)cc2)C2CC2)cc1. The fourth-order valence-corrected chi connectivity index (χ4v) is 4.11. The van der Waals surface area contributed by atoms with Gasteiger partial charge in [-0.1, -0.05) is 12.1 Å². The topological polar surface area (TPSA) is 66.5 Å². The van der Waals surface area contributed by atoms with Crippen molar-refractivity contribution in [2.75, 3.05) is 0 Å². The number of rotatable bonds is 7. The summed E-state index contributed by atoms with van der Waals surface area (Å²) in [6.45, 7) is 3.90. The van der Waals surface area contributed by atoms with E-state index in [1.165, 1.54) is 36.4 Å². The van der Waals surface area contributed by atoms with Gasteiger partial charge in [-0.3, -0.25) is 4.79 Å². The molecule has 0 saturated heterocycles. The smallest absolute Gasteiger partial charge is 0.254 e. The zero-order valence-corrected chi connectivity index (χ0v) is 16.2. The summed E-state index contributed by atoms with van der Waals surface area (Å²) in [5, 5.41) is 0. The van der Waals surface area contributed by atoms with Crippen LogP contribution in [0.1, 0.15) is 42.6 Å². The Morgan fingerprint density at radius 1 is 1.11 bits per heavy atom. The van der Waals surface area contributed by atoms with Crippen molar-refractivity contribution < 1.29 is 17.6 Å². The van der Waals surface area contributed by atoms with E-state index in [0.717, 1.165) is 18.4 Å². The van der Waals surface area contributed by atoms with Crippen molar-refractivity contribution in [2.45, 2.75) is 50.2 Å². The maximum absolute atomic E-state index is 13.1. The number of benzene rings is 2. The van der Waals surface area contributed by atoms with Crippen LogP contribution in [0.3, 0.4) is 0 Å². The summed E-state index contributed by atoms with van der Waals surface area (Å²) in [6.07, 6.45) is 1.88. The molecule has 27 heavy (non-hydrogen) atoms. The monoisotopic (exact) mass is 390 g/mol. The van der Waals surface area contributed by atoms with Crippen molar-refractivity contribution in [3.63, 3.8) is 0 Å². The lowest BCUT2D eigenvalue weighted by Crippen LogP contribution is -2.33. The molecule has 3 rings (SSSR count). The minimum atomic E-state index is -3.59. The first kappa shape index (κ1) is 19.5. The van der Waals surface area contributed by atoms with Crippen LogP contribution in [0.15, 0.2) is 53.4 Å². The standard InChI is InChI=1S/C20H23FN2O3S/c1-14(2)22-27(25,26)19-11-5-16(6-12-19)20(24)23(18-9-10-18)13-15-3-7-17(21)8-4-15/h3-8,11-12,14,18,22H,9-10,13H2,1-2H3. The average molecular weight is 390 g/mol. The maximum Gasteiger partial charge on any atom is 0.254 e. The van der Waals surface area contributed by atoms with E-state index in [1.54, 1.807) is 30.9 Å². The van der Waals surface area contributed by atoms with Crippen molar-refractivity contribution in [1.29, 1.82) is 0 Å². The molecule has 0 aromatic heterocycles. The predicted octanol–water partition coefficient (Wildman–Crippen LogP) is 3.32. The van der Waals surface area contributed by atoms with Gasteiger partial charge in [0.15, 0.2) is 0 Å². The van der Waals surface area contributed by atoms with E-state index in [2.05, 4.69) is 4.72 Å². The molecule has 0 unspecified atom stereocenters. The summed E-state index contributed by atoms with van der Waals surface area (Å²) in [7, 11) is -3.59. The lowest BCUT2D eigenvalue weighted by Gasteiger charge is -2.23. The first-order valence-electron chi connectivity index (χ1n) is 8.94. The van der Waals surface area contributed by atoms with Crippen LogP contribution in [0.25, 0.3) is 0 Å². The fourth-order valence-electron chi connectivity index (χ4n) is 2.86. The van der Waals surface area contributed by atoms with Gasteiger partial charge in [0.25, 0.3) is 5.91 Å². The van der Waals surface area contributed by atoms with Gasteiger partial charge in [-0.05, 0) is 68.7 Å². The second kappa shape index (κ2) is 7.78. The van der Waals surface area contributed by atoms with Gasteiger partial charge in [0.1, 0.15) is 5.82 Å². The van der Waals surface area contributed by atoms with Crippen molar-refractivity contribution in [3.8, 4) is 0 Å². The van der Waals surface area contributed by atoms with E-state index in [1.807, 2.05) is 0 Å². The number of carbonyl (C=O) groups is 1. The minimum absolute atomic E-state index is 0.129. The fraction of sp³-hybridized carbons (Fsp3) is 0.350. The number of nitrogens with one attached hydrogen (secondary N) is 1. The summed E-state index contributed by atoms with van der Waals surface area (Å²) in [6, 6.07) is 12.0. The Morgan fingerprint density at radius 3 is 2.22 bits per heavy atom. The summed E-state index contributed by atoms with van der Waals surface area (Å²) >= 11 is 0. The van der Waals surface area contributed by atoms with E-state index in [9.17, 15) is 17.6 Å². The molecular weight excluding hydrogens is 367 g/mol. The van der Waals surface area contributed by atoms with Crippen LogP contribution in [0.2, 0.25) is 0 Å². The molecule has 0 aliphatic heterocycles. The molecule has 5 nitrogen and oxygen atoms in total. The highest BCUT2D eigenvalue weighted by Gasteiger charge is 2.33. The van der Waals surface area contributed by atoms with Crippen LogP contribution in [0, 0.1) is 5.82 Å². The molecule has 1 fully saturated rings. The molecule has 0 spiro atoms. The molecule has 0 radical (unpaired) electrons. The van der Waals surface area contributed by atoms with E-state index in [0.29, 0.717) is 12.1 Å². The first-order valence-corrected chi connectivity index (χ1v) is 10.4. The van der Waals surface area contributed by atoms with Gasteiger partial charge < -0.3 is 4.90 Å². The second-order valence-corrected chi connectivity index (χ2v) is 8.81. The Morgan fingerprint density at radius 2 is 1.70 bits per heavy atom. The molecule has 1 amide bonds. The first-order chi connectivity index (χ1) is 12.8. The van der Waals surface area contributed by atoms with Crippen molar-refractivity contribution >= 4 is 15.9 Å². The number of sulfonamides is 1. The van der Waals surface area contributed by atoms with E-state index in [4.69, 9.17) is 0 Å².